The van der Waals surface area contributed by atoms with E-state index in [0.29, 0.717) is 13.4 Å². The van der Waals surface area contributed by atoms with Crippen LogP contribution in [-0.4, -0.2) is 24.8 Å². The topological polar surface area (TPSA) is 47.7 Å². The van der Waals surface area contributed by atoms with Crippen LogP contribution in [0.1, 0.15) is 30.9 Å². The van der Waals surface area contributed by atoms with E-state index in [-0.39, 0.29) is 0 Å². The van der Waals surface area contributed by atoms with Crippen molar-refractivity contribution < 1.29 is 9.47 Å². The van der Waals surface area contributed by atoms with Gasteiger partial charge in [-0.2, -0.15) is 0 Å². The fourth-order valence-corrected chi connectivity index (χ4v) is 3.11. The molecule has 1 aromatic rings. The minimum atomic E-state index is 0.348. The van der Waals surface area contributed by atoms with Crippen molar-refractivity contribution in [3.05, 3.63) is 23.3 Å². The number of hydrogen-bond donors (Lipinski definition) is 1. The quantitative estimate of drug-likeness (QED) is 0.831. The summed E-state index contributed by atoms with van der Waals surface area (Å²) in [5.74, 6) is 1.77. The highest BCUT2D eigenvalue weighted by atomic mass is 16.7. The Hall–Kier alpha value is -1.26. The maximum absolute atomic E-state index is 5.99. The molecule has 1 fully saturated rings. The minimum Gasteiger partial charge on any atom is -0.467 e. The van der Waals surface area contributed by atoms with Gasteiger partial charge in [0, 0.05) is 29.9 Å². The third-order valence-corrected chi connectivity index (χ3v) is 3.94. The van der Waals surface area contributed by atoms with Crippen molar-refractivity contribution in [2.45, 2.75) is 32.9 Å². The van der Waals surface area contributed by atoms with E-state index >= 15 is 0 Å². The van der Waals surface area contributed by atoms with Gasteiger partial charge in [0.1, 0.15) is 5.75 Å². The van der Waals surface area contributed by atoms with Gasteiger partial charge in [0.2, 0.25) is 0 Å². The summed E-state index contributed by atoms with van der Waals surface area (Å²) in [6.07, 6.45) is 2.63. The zero-order valence-electron chi connectivity index (χ0n) is 11.5. The number of piperidine rings is 1. The van der Waals surface area contributed by atoms with Crippen molar-refractivity contribution >= 4 is 5.69 Å². The lowest BCUT2D eigenvalue weighted by Crippen LogP contribution is -2.34. The molecule has 2 heterocycles. The standard InChI is InChI=1S/C15H22N2O2/c1-11-3-2-4-17(7-11)8-12-5-14(16)6-13-9-18-10-19-15(12)13/h5-6,11H,2-4,7-10,16H2,1H3. The third-order valence-electron chi connectivity index (χ3n) is 3.94. The second-order valence-electron chi connectivity index (χ2n) is 5.76. The number of rotatable bonds is 2. The number of fused-ring (bicyclic) bond motifs is 1. The molecule has 104 valence electrons. The minimum absolute atomic E-state index is 0.348. The molecule has 0 bridgehead atoms. The summed E-state index contributed by atoms with van der Waals surface area (Å²) in [6.45, 7) is 6.54. The number of anilines is 1. The summed E-state index contributed by atoms with van der Waals surface area (Å²) < 4.78 is 11.0. The van der Waals surface area contributed by atoms with Gasteiger partial charge in [-0.25, -0.2) is 0 Å². The fraction of sp³-hybridized carbons (Fsp3) is 0.600. The van der Waals surface area contributed by atoms with E-state index in [1.807, 2.05) is 12.1 Å². The Balaban J connectivity index is 1.81. The molecule has 0 spiro atoms. The van der Waals surface area contributed by atoms with E-state index in [4.69, 9.17) is 15.2 Å². The van der Waals surface area contributed by atoms with E-state index in [0.717, 1.165) is 29.5 Å². The molecular weight excluding hydrogens is 240 g/mol. The van der Waals surface area contributed by atoms with Crippen LogP contribution in [0.2, 0.25) is 0 Å². The van der Waals surface area contributed by atoms with Gasteiger partial charge in [0.25, 0.3) is 0 Å². The summed E-state index contributed by atoms with van der Waals surface area (Å²) >= 11 is 0. The SMILES string of the molecule is CC1CCCN(Cc2cc(N)cc3c2OCOC3)C1. The van der Waals surface area contributed by atoms with Crippen LogP contribution in [0.5, 0.6) is 5.75 Å². The number of nitrogen functional groups attached to an aromatic ring is 1. The molecule has 4 heteroatoms. The molecule has 1 unspecified atom stereocenters. The van der Waals surface area contributed by atoms with E-state index in [9.17, 15) is 0 Å². The van der Waals surface area contributed by atoms with Gasteiger partial charge in [0.15, 0.2) is 6.79 Å². The molecule has 2 aliphatic heterocycles. The molecule has 0 aromatic heterocycles. The van der Waals surface area contributed by atoms with Gasteiger partial charge in [-0.15, -0.1) is 0 Å². The average molecular weight is 262 g/mol. The summed E-state index contributed by atoms with van der Waals surface area (Å²) in [5, 5.41) is 0. The molecule has 2 aliphatic rings. The van der Waals surface area contributed by atoms with Gasteiger partial charge in [-0.3, -0.25) is 4.90 Å². The largest absolute Gasteiger partial charge is 0.467 e. The molecule has 3 rings (SSSR count). The molecule has 1 aromatic carbocycles. The number of hydrogen-bond acceptors (Lipinski definition) is 4. The van der Waals surface area contributed by atoms with Gasteiger partial charge in [0.05, 0.1) is 6.61 Å². The Morgan fingerprint density at radius 1 is 1.42 bits per heavy atom. The zero-order valence-corrected chi connectivity index (χ0v) is 11.5. The third kappa shape index (κ3) is 2.85. The number of nitrogens with two attached hydrogens (primary N) is 1. The Bertz CT molecular complexity index is 462. The molecular formula is C15H22N2O2. The number of likely N-dealkylation sites (tertiary alicyclic amines) is 1. The maximum Gasteiger partial charge on any atom is 0.189 e. The van der Waals surface area contributed by atoms with Crippen LogP contribution < -0.4 is 10.5 Å². The Morgan fingerprint density at radius 3 is 3.16 bits per heavy atom. The van der Waals surface area contributed by atoms with E-state index in [2.05, 4.69) is 11.8 Å². The fourth-order valence-electron chi connectivity index (χ4n) is 3.11. The van der Waals surface area contributed by atoms with Crippen molar-refractivity contribution in [3.63, 3.8) is 0 Å². The molecule has 0 saturated carbocycles. The van der Waals surface area contributed by atoms with Crippen LogP contribution in [0.15, 0.2) is 12.1 Å². The van der Waals surface area contributed by atoms with E-state index < -0.39 is 0 Å². The van der Waals surface area contributed by atoms with Crippen LogP contribution in [0.3, 0.4) is 0 Å². The predicted octanol–water partition coefficient (Wildman–Crippen LogP) is 2.37. The lowest BCUT2D eigenvalue weighted by molar-refractivity contribution is -0.0175. The van der Waals surface area contributed by atoms with Crippen LogP contribution >= 0.6 is 0 Å². The second-order valence-corrected chi connectivity index (χ2v) is 5.76. The van der Waals surface area contributed by atoms with E-state index in [1.165, 1.54) is 31.5 Å². The first kappa shape index (κ1) is 12.8. The van der Waals surface area contributed by atoms with E-state index in [1.54, 1.807) is 0 Å². The first-order valence-corrected chi connectivity index (χ1v) is 7.06. The lowest BCUT2D eigenvalue weighted by atomic mass is 9.99. The summed E-state index contributed by atoms with van der Waals surface area (Å²) in [6, 6.07) is 4.00. The molecule has 0 radical (unpaired) electrons. The monoisotopic (exact) mass is 262 g/mol. The lowest BCUT2D eigenvalue weighted by Gasteiger charge is -2.32. The van der Waals surface area contributed by atoms with Gasteiger partial charge in [-0.05, 0) is 37.4 Å². The highest BCUT2D eigenvalue weighted by Gasteiger charge is 2.21. The first-order valence-electron chi connectivity index (χ1n) is 7.06. The highest BCUT2D eigenvalue weighted by Crippen LogP contribution is 2.32. The summed E-state index contributed by atoms with van der Waals surface area (Å²) in [4.78, 5) is 2.50. The molecule has 1 atom stereocenters. The van der Waals surface area contributed by atoms with Gasteiger partial charge < -0.3 is 15.2 Å². The number of benzene rings is 1. The van der Waals surface area contributed by atoms with Crippen LogP contribution in [0.4, 0.5) is 5.69 Å². The van der Waals surface area contributed by atoms with Crippen molar-refractivity contribution in [2.24, 2.45) is 5.92 Å². The van der Waals surface area contributed by atoms with Crippen LogP contribution in [0, 0.1) is 5.92 Å². The molecule has 4 nitrogen and oxygen atoms in total. The van der Waals surface area contributed by atoms with Crippen LogP contribution in [0.25, 0.3) is 0 Å². The molecule has 0 aliphatic carbocycles. The summed E-state index contributed by atoms with van der Waals surface area (Å²) in [7, 11) is 0. The highest BCUT2D eigenvalue weighted by molar-refractivity contribution is 5.53. The molecule has 1 saturated heterocycles. The van der Waals surface area contributed by atoms with Crippen molar-refractivity contribution in [2.75, 3.05) is 25.6 Å². The smallest absolute Gasteiger partial charge is 0.189 e. The number of nitrogens with zero attached hydrogens (tertiary/aromatic N) is 1. The molecule has 19 heavy (non-hydrogen) atoms. The Morgan fingerprint density at radius 2 is 2.32 bits per heavy atom. The molecule has 0 amide bonds. The Kier molecular flexibility index (Phi) is 3.62. The second kappa shape index (κ2) is 5.39. The van der Waals surface area contributed by atoms with Gasteiger partial charge >= 0.3 is 0 Å². The summed E-state index contributed by atoms with van der Waals surface area (Å²) in [5.41, 5.74) is 9.06. The number of ether oxygens (including phenoxy) is 2. The van der Waals surface area contributed by atoms with Crippen LogP contribution in [-0.2, 0) is 17.9 Å². The van der Waals surface area contributed by atoms with Crippen molar-refractivity contribution in [3.8, 4) is 5.75 Å². The molecule has 2 N–H and O–H groups in total. The zero-order chi connectivity index (χ0) is 13.2. The van der Waals surface area contributed by atoms with Crippen molar-refractivity contribution in [1.29, 1.82) is 0 Å². The normalized spacial score (nSPS) is 23.7. The van der Waals surface area contributed by atoms with Crippen molar-refractivity contribution in [1.82, 2.24) is 4.90 Å². The Labute approximate surface area is 114 Å². The van der Waals surface area contributed by atoms with Gasteiger partial charge in [-0.1, -0.05) is 6.92 Å². The maximum atomic E-state index is 5.99. The first-order chi connectivity index (χ1) is 9.22. The predicted molar refractivity (Wildman–Crippen MR) is 74.8 cm³/mol. The average Bonchev–Trinajstić information content (AvgIpc) is 2.38.